The molecule has 0 aromatic carbocycles. The van der Waals surface area contributed by atoms with Crippen molar-refractivity contribution in [2.45, 2.75) is 38.7 Å². The lowest BCUT2D eigenvalue weighted by Gasteiger charge is -2.32. The zero-order valence-electron chi connectivity index (χ0n) is 12.8. The van der Waals surface area contributed by atoms with Crippen molar-refractivity contribution in [3.8, 4) is 0 Å². The second-order valence-electron chi connectivity index (χ2n) is 5.23. The maximum absolute atomic E-state index is 11.6. The number of rotatable bonds is 9. The first-order valence-corrected chi connectivity index (χ1v) is 7.69. The Hall–Kier alpha value is -1.34. The minimum atomic E-state index is -0.769. The number of carboxylic acids is 1. The average molecular weight is 301 g/mol. The maximum Gasteiger partial charge on any atom is 0.314 e. The lowest BCUT2D eigenvalue weighted by Crippen LogP contribution is -2.49. The van der Waals surface area contributed by atoms with Crippen LogP contribution in [0.15, 0.2) is 0 Å². The fourth-order valence-corrected chi connectivity index (χ4v) is 2.24. The van der Waals surface area contributed by atoms with E-state index in [9.17, 15) is 9.59 Å². The van der Waals surface area contributed by atoms with Crippen LogP contribution in [0.4, 0.5) is 4.79 Å². The van der Waals surface area contributed by atoms with Gasteiger partial charge in [0.1, 0.15) is 0 Å². The highest BCUT2D eigenvalue weighted by Gasteiger charge is 2.19. The van der Waals surface area contributed by atoms with Crippen LogP contribution in [0.3, 0.4) is 0 Å². The Balaban J connectivity index is 1.99. The van der Waals surface area contributed by atoms with Crippen LogP contribution in [0.2, 0.25) is 0 Å². The van der Waals surface area contributed by atoms with Gasteiger partial charge in [-0.1, -0.05) is 13.3 Å². The van der Waals surface area contributed by atoms with Crippen LogP contribution in [-0.2, 0) is 9.53 Å². The number of aliphatic carboxylic acids is 1. The summed E-state index contributed by atoms with van der Waals surface area (Å²) in [6.45, 7) is 6.72. The number of unbranched alkanes of at least 4 members (excludes halogenated alkanes) is 2. The molecule has 21 heavy (non-hydrogen) atoms. The molecule has 122 valence electrons. The summed E-state index contributed by atoms with van der Waals surface area (Å²) >= 11 is 0. The van der Waals surface area contributed by atoms with E-state index in [1.165, 1.54) is 0 Å². The monoisotopic (exact) mass is 301 g/mol. The standard InChI is InChI=1S/C14H27N3O4/c1-2-17-8-9-21-12(11-17)10-16-14(20)15-7-5-3-4-6-13(18)19/h12H,2-11H2,1H3,(H,18,19)(H2,15,16,20). The highest BCUT2D eigenvalue weighted by molar-refractivity contribution is 5.73. The number of urea groups is 1. The Bertz CT molecular complexity index is 325. The lowest BCUT2D eigenvalue weighted by atomic mass is 10.2. The topological polar surface area (TPSA) is 90.9 Å². The third-order valence-corrected chi connectivity index (χ3v) is 3.51. The predicted octanol–water partition coefficient (Wildman–Crippen LogP) is 0.651. The van der Waals surface area contributed by atoms with Crippen LogP contribution in [0.5, 0.6) is 0 Å². The number of nitrogens with one attached hydrogen (secondary N) is 2. The summed E-state index contributed by atoms with van der Waals surface area (Å²) in [5.41, 5.74) is 0. The van der Waals surface area contributed by atoms with Crippen molar-refractivity contribution < 1.29 is 19.4 Å². The minimum absolute atomic E-state index is 0.0556. The van der Waals surface area contributed by atoms with Crippen LogP contribution in [0.1, 0.15) is 32.6 Å². The quantitative estimate of drug-likeness (QED) is 0.544. The van der Waals surface area contributed by atoms with Crippen molar-refractivity contribution in [2.24, 2.45) is 0 Å². The number of hydrogen-bond acceptors (Lipinski definition) is 4. The largest absolute Gasteiger partial charge is 0.481 e. The van der Waals surface area contributed by atoms with Crippen molar-refractivity contribution in [3.05, 3.63) is 0 Å². The molecule has 1 heterocycles. The molecule has 0 radical (unpaired) electrons. The van der Waals surface area contributed by atoms with E-state index >= 15 is 0 Å². The fraction of sp³-hybridized carbons (Fsp3) is 0.857. The maximum atomic E-state index is 11.6. The molecule has 1 unspecified atom stereocenters. The zero-order chi connectivity index (χ0) is 15.5. The van der Waals surface area contributed by atoms with E-state index in [0.29, 0.717) is 26.1 Å². The van der Waals surface area contributed by atoms with Crippen molar-refractivity contribution in [2.75, 3.05) is 39.3 Å². The SMILES string of the molecule is CCN1CCOC(CNC(=O)NCCCCCC(=O)O)C1. The number of carboxylic acid groups (broad SMARTS) is 1. The number of morpholine rings is 1. The van der Waals surface area contributed by atoms with Crippen LogP contribution >= 0.6 is 0 Å². The van der Waals surface area contributed by atoms with Crippen LogP contribution in [-0.4, -0.2) is 67.4 Å². The normalized spacial score (nSPS) is 19.2. The summed E-state index contributed by atoms with van der Waals surface area (Å²) in [7, 11) is 0. The van der Waals surface area contributed by atoms with Gasteiger partial charge in [0, 0.05) is 32.6 Å². The first kappa shape index (κ1) is 17.7. The fourth-order valence-electron chi connectivity index (χ4n) is 2.24. The van der Waals surface area contributed by atoms with Crippen molar-refractivity contribution >= 4 is 12.0 Å². The molecular weight excluding hydrogens is 274 g/mol. The molecule has 1 rings (SSSR count). The number of carbonyl (C=O) groups excluding carboxylic acids is 1. The van der Waals surface area contributed by atoms with Gasteiger partial charge in [0.25, 0.3) is 0 Å². The molecule has 0 aliphatic carbocycles. The number of hydrogen-bond donors (Lipinski definition) is 3. The Morgan fingerprint density at radius 2 is 2.10 bits per heavy atom. The molecule has 1 atom stereocenters. The number of ether oxygens (including phenoxy) is 1. The molecule has 1 saturated heterocycles. The Kier molecular flexibility index (Phi) is 8.77. The third kappa shape index (κ3) is 8.52. The summed E-state index contributed by atoms with van der Waals surface area (Å²) in [6.07, 6.45) is 2.51. The van der Waals surface area contributed by atoms with Crippen molar-refractivity contribution in [1.82, 2.24) is 15.5 Å². The molecular formula is C14H27N3O4. The van der Waals surface area contributed by atoms with E-state index in [1.54, 1.807) is 0 Å². The molecule has 0 saturated carbocycles. The molecule has 0 spiro atoms. The lowest BCUT2D eigenvalue weighted by molar-refractivity contribution is -0.137. The van der Waals surface area contributed by atoms with E-state index in [1.807, 2.05) is 0 Å². The minimum Gasteiger partial charge on any atom is -0.481 e. The van der Waals surface area contributed by atoms with Gasteiger partial charge in [-0.3, -0.25) is 9.69 Å². The second kappa shape index (κ2) is 10.4. The molecule has 7 nitrogen and oxygen atoms in total. The molecule has 0 bridgehead atoms. The molecule has 0 aromatic rings. The molecule has 3 N–H and O–H groups in total. The molecule has 1 aliphatic rings. The van der Waals surface area contributed by atoms with E-state index < -0.39 is 5.97 Å². The Morgan fingerprint density at radius 3 is 2.81 bits per heavy atom. The van der Waals surface area contributed by atoms with Gasteiger partial charge in [0.05, 0.1) is 12.7 Å². The van der Waals surface area contributed by atoms with E-state index in [-0.39, 0.29) is 18.6 Å². The number of likely N-dealkylation sites (N-methyl/N-ethyl adjacent to an activating group) is 1. The Labute approximate surface area is 126 Å². The number of carbonyl (C=O) groups is 2. The second-order valence-corrected chi connectivity index (χ2v) is 5.23. The van der Waals surface area contributed by atoms with E-state index in [0.717, 1.165) is 32.5 Å². The molecule has 0 aromatic heterocycles. The first-order chi connectivity index (χ1) is 10.1. The van der Waals surface area contributed by atoms with Gasteiger partial charge in [-0.2, -0.15) is 0 Å². The summed E-state index contributed by atoms with van der Waals surface area (Å²) in [4.78, 5) is 24.2. The van der Waals surface area contributed by atoms with Gasteiger partial charge >= 0.3 is 12.0 Å². The van der Waals surface area contributed by atoms with Gasteiger partial charge in [-0.05, 0) is 19.4 Å². The molecule has 1 fully saturated rings. The first-order valence-electron chi connectivity index (χ1n) is 7.69. The summed E-state index contributed by atoms with van der Waals surface area (Å²) in [5.74, 6) is -0.769. The third-order valence-electron chi connectivity index (χ3n) is 3.51. The Morgan fingerprint density at radius 1 is 1.29 bits per heavy atom. The van der Waals surface area contributed by atoms with Crippen LogP contribution in [0, 0.1) is 0 Å². The predicted molar refractivity (Wildman–Crippen MR) is 79.4 cm³/mol. The molecule has 2 amide bonds. The van der Waals surface area contributed by atoms with Gasteiger partial charge in [0.15, 0.2) is 0 Å². The smallest absolute Gasteiger partial charge is 0.314 e. The van der Waals surface area contributed by atoms with Crippen molar-refractivity contribution in [3.63, 3.8) is 0 Å². The van der Waals surface area contributed by atoms with E-state index in [4.69, 9.17) is 9.84 Å². The van der Waals surface area contributed by atoms with Gasteiger partial charge in [0.2, 0.25) is 0 Å². The zero-order valence-corrected chi connectivity index (χ0v) is 12.8. The van der Waals surface area contributed by atoms with E-state index in [2.05, 4.69) is 22.5 Å². The van der Waals surface area contributed by atoms with Crippen LogP contribution < -0.4 is 10.6 Å². The molecule has 1 aliphatic heterocycles. The highest BCUT2D eigenvalue weighted by atomic mass is 16.5. The summed E-state index contributed by atoms with van der Waals surface area (Å²) < 4.78 is 5.60. The van der Waals surface area contributed by atoms with Gasteiger partial charge in [-0.25, -0.2) is 4.79 Å². The average Bonchev–Trinajstić information content (AvgIpc) is 2.48. The van der Waals surface area contributed by atoms with Gasteiger partial charge < -0.3 is 20.5 Å². The van der Waals surface area contributed by atoms with Crippen LogP contribution in [0.25, 0.3) is 0 Å². The highest BCUT2D eigenvalue weighted by Crippen LogP contribution is 2.03. The number of amides is 2. The van der Waals surface area contributed by atoms with Crippen molar-refractivity contribution in [1.29, 1.82) is 0 Å². The summed E-state index contributed by atoms with van der Waals surface area (Å²) in [6, 6.07) is -0.189. The number of nitrogens with zero attached hydrogens (tertiary/aromatic N) is 1. The van der Waals surface area contributed by atoms with Gasteiger partial charge in [-0.15, -0.1) is 0 Å². The summed E-state index contributed by atoms with van der Waals surface area (Å²) in [5, 5.41) is 14.1. The molecule has 7 heteroatoms.